The number of nitrogens with one attached hydrogen (secondary N) is 1. The van der Waals surface area contributed by atoms with Gasteiger partial charge in [-0.05, 0) is 28.8 Å². The highest BCUT2D eigenvalue weighted by molar-refractivity contribution is 5.26. The van der Waals surface area contributed by atoms with Crippen molar-refractivity contribution in [3.63, 3.8) is 0 Å². The Morgan fingerprint density at radius 2 is 1.89 bits per heavy atom. The van der Waals surface area contributed by atoms with E-state index in [4.69, 9.17) is 0 Å². The molecule has 5 heteroatoms. The third-order valence-electron chi connectivity index (χ3n) is 3.71. The Hall–Kier alpha value is -1.91. The molecule has 1 aromatic carbocycles. The predicted molar refractivity (Wildman–Crippen MR) is 73.7 cm³/mol. The molecule has 0 saturated heterocycles. The highest BCUT2D eigenvalue weighted by Gasteiger charge is 2.19. The van der Waals surface area contributed by atoms with Crippen LogP contribution in [0.1, 0.15) is 43.7 Å². The molecule has 2 aromatic rings. The number of aromatic nitrogens is 4. The largest absolute Gasteiger partial charge is 0.349 e. The molecule has 0 radical (unpaired) electrons. The minimum absolute atomic E-state index is 0.460. The predicted octanol–water partition coefficient (Wildman–Crippen LogP) is 2.79. The Bertz CT molecular complexity index is 502. The number of hydrogen-bond acceptors (Lipinski definition) is 4. The van der Waals surface area contributed by atoms with Crippen LogP contribution in [0.2, 0.25) is 0 Å². The lowest BCUT2D eigenvalue weighted by Gasteiger charge is -2.22. The maximum absolute atomic E-state index is 4.15. The summed E-state index contributed by atoms with van der Waals surface area (Å²) in [5, 5.41) is 15.4. The lowest BCUT2D eigenvalue weighted by molar-refractivity contribution is 0.327. The van der Waals surface area contributed by atoms with Crippen LogP contribution in [0.15, 0.2) is 30.3 Å². The van der Waals surface area contributed by atoms with Gasteiger partial charge in [0.2, 0.25) is 5.95 Å². The normalized spacial score (nSPS) is 16.4. The van der Waals surface area contributed by atoms with E-state index in [0.717, 1.165) is 12.5 Å². The molecule has 1 aliphatic rings. The van der Waals surface area contributed by atoms with E-state index in [1.165, 1.54) is 37.7 Å². The van der Waals surface area contributed by atoms with Crippen LogP contribution in [0.5, 0.6) is 0 Å². The van der Waals surface area contributed by atoms with E-state index < -0.39 is 0 Å². The zero-order chi connectivity index (χ0) is 12.9. The SMILES string of the molecule is c1ccc(CNc2nnnn2C2CCCCC2)cc1. The van der Waals surface area contributed by atoms with Crippen molar-refractivity contribution in [2.45, 2.75) is 44.7 Å². The molecule has 100 valence electrons. The highest BCUT2D eigenvalue weighted by atomic mass is 15.6. The van der Waals surface area contributed by atoms with Crippen LogP contribution in [0.4, 0.5) is 5.95 Å². The fraction of sp³-hybridized carbons (Fsp3) is 0.500. The summed E-state index contributed by atoms with van der Waals surface area (Å²) >= 11 is 0. The van der Waals surface area contributed by atoms with Gasteiger partial charge in [-0.15, -0.1) is 0 Å². The van der Waals surface area contributed by atoms with Crippen molar-refractivity contribution in [1.29, 1.82) is 0 Å². The van der Waals surface area contributed by atoms with Crippen LogP contribution in [0, 0.1) is 0 Å². The molecule has 1 saturated carbocycles. The Morgan fingerprint density at radius 1 is 1.11 bits per heavy atom. The summed E-state index contributed by atoms with van der Waals surface area (Å²) in [5.41, 5.74) is 1.24. The van der Waals surface area contributed by atoms with Gasteiger partial charge >= 0.3 is 0 Å². The third-order valence-corrected chi connectivity index (χ3v) is 3.71. The van der Waals surface area contributed by atoms with Gasteiger partial charge < -0.3 is 5.32 Å². The van der Waals surface area contributed by atoms with E-state index in [9.17, 15) is 0 Å². The van der Waals surface area contributed by atoms with Gasteiger partial charge in [0.25, 0.3) is 0 Å². The average molecular weight is 257 g/mol. The molecular formula is C14H19N5. The first-order chi connectivity index (χ1) is 9.43. The summed E-state index contributed by atoms with van der Waals surface area (Å²) < 4.78 is 1.96. The molecule has 0 unspecified atom stereocenters. The van der Waals surface area contributed by atoms with Gasteiger partial charge in [0.1, 0.15) is 0 Å². The van der Waals surface area contributed by atoms with Crippen molar-refractivity contribution in [3.8, 4) is 0 Å². The minimum Gasteiger partial charge on any atom is -0.349 e. The first kappa shape index (κ1) is 12.1. The van der Waals surface area contributed by atoms with Crippen molar-refractivity contribution in [2.24, 2.45) is 0 Å². The monoisotopic (exact) mass is 257 g/mol. The number of tetrazole rings is 1. The van der Waals surface area contributed by atoms with Crippen LogP contribution in [-0.2, 0) is 6.54 Å². The molecule has 0 spiro atoms. The van der Waals surface area contributed by atoms with Crippen LogP contribution >= 0.6 is 0 Å². The molecule has 3 rings (SSSR count). The molecule has 1 fully saturated rings. The van der Waals surface area contributed by atoms with E-state index in [2.05, 4.69) is 33.0 Å². The fourth-order valence-electron chi connectivity index (χ4n) is 2.66. The molecule has 0 aliphatic heterocycles. The summed E-state index contributed by atoms with van der Waals surface area (Å²) in [7, 11) is 0. The molecule has 19 heavy (non-hydrogen) atoms. The second kappa shape index (κ2) is 5.82. The van der Waals surface area contributed by atoms with Gasteiger partial charge in [-0.3, -0.25) is 0 Å². The molecular weight excluding hydrogens is 238 g/mol. The number of benzene rings is 1. The molecule has 1 aromatic heterocycles. The van der Waals surface area contributed by atoms with Crippen LogP contribution in [0.25, 0.3) is 0 Å². The smallest absolute Gasteiger partial charge is 0.243 e. The molecule has 1 N–H and O–H groups in total. The van der Waals surface area contributed by atoms with Crippen molar-refractivity contribution >= 4 is 5.95 Å². The Labute approximate surface area is 113 Å². The second-order valence-corrected chi connectivity index (χ2v) is 5.08. The summed E-state index contributed by atoms with van der Waals surface area (Å²) in [6.07, 6.45) is 6.27. The summed E-state index contributed by atoms with van der Waals surface area (Å²) in [6, 6.07) is 10.8. The van der Waals surface area contributed by atoms with E-state index in [-0.39, 0.29) is 0 Å². The number of hydrogen-bond donors (Lipinski definition) is 1. The molecule has 0 bridgehead atoms. The van der Waals surface area contributed by atoms with Crippen LogP contribution in [-0.4, -0.2) is 20.2 Å². The maximum atomic E-state index is 4.15. The van der Waals surface area contributed by atoms with Gasteiger partial charge in [-0.2, -0.15) is 0 Å². The summed E-state index contributed by atoms with van der Waals surface area (Å²) in [6.45, 7) is 0.758. The summed E-state index contributed by atoms with van der Waals surface area (Å²) in [4.78, 5) is 0. The fourth-order valence-corrected chi connectivity index (χ4v) is 2.66. The Kier molecular flexibility index (Phi) is 3.72. The van der Waals surface area contributed by atoms with Crippen molar-refractivity contribution in [2.75, 3.05) is 5.32 Å². The van der Waals surface area contributed by atoms with Crippen molar-refractivity contribution in [3.05, 3.63) is 35.9 Å². The van der Waals surface area contributed by atoms with Crippen molar-refractivity contribution in [1.82, 2.24) is 20.2 Å². The standard InChI is InChI=1S/C14H19N5/c1-3-7-12(8-4-1)11-15-14-16-17-18-19(14)13-9-5-2-6-10-13/h1,3-4,7-8,13H,2,5-6,9-11H2,(H,15,16,18). The van der Waals surface area contributed by atoms with E-state index in [0.29, 0.717) is 6.04 Å². The zero-order valence-corrected chi connectivity index (χ0v) is 11.0. The molecule has 0 amide bonds. The van der Waals surface area contributed by atoms with Crippen LogP contribution in [0.3, 0.4) is 0 Å². The average Bonchev–Trinajstić information content (AvgIpc) is 2.95. The topological polar surface area (TPSA) is 55.6 Å². The van der Waals surface area contributed by atoms with Crippen LogP contribution < -0.4 is 5.32 Å². The highest BCUT2D eigenvalue weighted by Crippen LogP contribution is 2.28. The summed E-state index contributed by atoms with van der Waals surface area (Å²) in [5.74, 6) is 0.788. The first-order valence-corrected chi connectivity index (χ1v) is 6.99. The van der Waals surface area contributed by atoms with E-state index >= 15 is 0 Å². The number of anilines is 1. The first-order valence-electron chi connectivity index (χ1n) is 6.99. The number of nitrogens with zero attached hydrogens (tertiary/aromatic N) is 4. The molecule has 5 nitrogen and oxygen atoms in total. The minimum atomic E-state index is 0.460. The van der Waals surface area contributed by atoms with Gasteiger partial charge in [-0.1, -0.05) is 54.7 Å². The molecule has 1 heterocycles. The number of rotatable bonds is 4. The van der Waals surface area contributed by atoms with Gasteiger partial charge in [0.15, 0.2) is 0 Å². The molecule has 1 aliphatic carbocycles. The van der Waals surface area contributed by atoms with Gasteiger partial charge in [0.05, 0.1) is 6.04 Å². The van der Waals surface area contributed by atoms with E-state index in [1.54, 1.807) is 0 Å². The van der Waals surface area contributed by atoms with Gasteiger partial charge in [0, 0.05) is 6.54 Å². The van der Waals surface area contributed by atoms with Crippen molar-refractivity contribution < 1.29 is 0 Å². The lowest BCUT2D eigenvalue weighted by atomic mass is 9.96. The Morgan fingerprint density at radius 3 is 2.68 bits per heavy atom. The quantitative estimate of drug-likeness (QED) is 0.915. The van der Waals surface area contributed by atoms with Gasteiger partial charge in [-0.25, -0.2) is 4.68 Å². The lowest BCUT2D eigenvalue weighted by Crippen LogP contribution is -2.17. The third kappa shape index (κ3) is 2.92. The zero-order valence-electron chi connectivity index (χ0n) is 11.0. The van der Waals surface area contributed by atoms with E-state index in [1.807, 2.05) is 22.9 Å². The Balaban J connectivity index is 1.66. The maximum Gasteiger partial charge on any atom is 0.243 e. The second-order valence-electron chi connectivity index (χ2n) is 5.08. The molecule has 0 atom stereocenters.